The molecule has 6 aromatic rings. The zero-order valence-corrected chi connectivity index (χ0v) is 18.2. The fourth-order valence-electron chi connectivity index (χ4n) is 4.92. The van der Waals surface area contributed by atoms with Crippen molar-refractivity contribution in [3.05, 3.63) is 127 Å². The Kier molecular flexibility index (Phi) is 4.66. The molecule has 0 aliphatic carbocycles. The van der Waals surface area contributed by atoms with E-state index in [1.165, 1.54) is 43.8 Å². The lowest BCUT2D eigenvalue weighted by molar-refractivity contribution is 1.59. The minimum atomic E-state index is 0.777. The molecule has 6 rings (SSSR count). The van der Waals surface area contributed by atoms with Gasteiger partial charge in [-0.3, -0.25) is 0 Å². The highest BCUT2D eigenvalue weighted by Gasteiger charge is 2.17. The number of hydrogen-bond donors (Lipinski definition) is 1. The fourth-order valence-corrected chi connectivity index (χ4v) is 4.92. The number of nitrogen functional groups attached to an aromatic ring is 1. The van der Waals surface area contributed by atoms with E-state index in [4.69, 9.17) is 5.73 Å². The van der Waals surface area contributed by atoms with Crippen molar-refractivity contribution in [2.75, 3.05) is 5.73 Å². The van der Waals surface area contributed by atoms with Gasteiger partial charge in [0.2, 0.25) is 0 Å². The van der Waals surface area contributed by atoms with E-state index in [9.17, 15) is 0 Å². The monoisotopic (exact) mass is 421 g/mol. The predicted molar refractivity (Wildman–Crippen MR) is 142 cm³/mol. The Morgan fingerprint density at radius 2 is 0.788 bits per heavy atom. The quantitative estimate of drug-likeness (QED) is 0.225. The summed E-state index contributed by atoms with van der Waals surface area (Å²) in [5, 5.41) is 5.09. The molecular weight excluding hydrogens is 398 g/mol. The van der Waals surface area contributed by atoms with Crippen LogP contribution in [-0.2, 0) is 0 Å². The van der Waals surface area contributed by atoms with Crippen LogP contribution in [0, 0.1) is 0 Å². The second kappa shape index (κ2) is 7.96. The summed E-state index contributed by atoms with van der Waals surface area (Å²) in [6.45, 7) is 0. The molecule has 0 aliphatic rings. The van der Waals surface area contributed by atoms with Crippen molar-refractivity contribution in [2.24, 2.45) is 0 Å². The van der Waals surface area contributed by atoms with Crippen LogP contribution in [0.3, 0.4) is 0 Å². The van der Waals surface area contributed by atoms with Gasteiger partial charge in [-0.15, -0.1) is 0 Å². The Bertz CT molecular complexity index is 1610. The van der Waals surface area contributed by atoms with Crippen LogP contribution in [0.15, 0.2) is 127 Å². The predicted octanol–water partition coefficient (Wildman–Crippen LogP) is 8.58. The summed E-state index contributed by atoms with van der Waals surface area (Å²) in [6, 6.07) is 45.1. The summed E-state index contributed by atoms with van der Waals surface area (Å²) in [4.78, 5) is 0. The van der Waals surface area contributed by atoms with Crippen LogP contribution in [0.5, 0.6) is 0 Å². The van der Waals surface area contributed by atoms with E-state index in [-0.39, 0.29) is 0 Å². The summed E-state index contributed by atoms with van der Waals surface area (Å²) in [5.41, 5.74) is 14.1. The van der Waals surface area contributed by atoms with Gasteiger partial charge < -0.3 is 5.73 Å². The highest BCUT2D eigenvalue weighted by Crippen LogP contribution is 2.44. The molecular formula is C32H23N. The average molecular weight is 422 g/mol. The van der Waals surface area contributed by atoms with Crippen molar-refractivity contribution in [2.45, 2.75) is 0 Å². The molecule has 0 atom stereocenters. The first-order valence-electron chi connectivity index (χ1n) is 11.2. The third-order valence-corrected chi connectivity index (χ3v) is 6.37. The van der Waals surface area contributed by atoms with Gasteiger partial charge in [0.25, 0.3) is 0 Å². The third-order valence-electron chi connectivity index (χ3n) is 6.37. The summed E-state index contributed by atoms with van der Waals surface area (Å²) in [5.74, 6) is 0. The van der Waals surface area contributed by atoms with Crippen molar-refractivity contribution >= 4 is 27.2 Å². The van der Waals surface area contributed by atoms with E-state index >= 15 is 0 Å². The van der Waals surface area contributed by atoms with Crippen LogP contribution < -0.4 is 5.73 Å². The molecule has 156 valence electrons. The maximum Gasteiger partial charge on any atom is 0.0320 e. The Morgan fingerprint density at radius 1 is 0.333 bits per heavy atom. The van der Waals surface area contributed by atoms with Crippen LogP contribution in [0.4, 0.5) is 5.69 Å². The minimum Gasteiger partial charge on any atom is -0.399 e. The summed E-state index contributed by atoms with van der Waals surface area (Å²) < 4.78 is 0. The fraction of sp³-hybridized carbons (Fsp3) is 0. The number of nitrogens with two attached hydrogens (primary N) is 1. The van der Waals surface area contributed by atoms with Crippen LogP contribution >= 0.6 is 0 Å². The summed E-state index contributed by atoms with van der Waals surface area (Å²) >= 11 is 0. The van der Waals surface area contributed by atoms with Crippen molar-refractivity contribution in [3.63, 3.8) is 0 Å². The molecule has 0 spiro atoms. The van der Waals surface area contributed by atoms with Gasteiger partial charge in [0.1, 0.15) is 0 Å². The largest absolute Gasteiger partial charge is 0.399 e. The zero-order chi connectivity index (χ0) is 22.2. The molecule has 33 heavy (non-hydrogen) atoms. The number of fused-ring (bicyclic) bond motifs is 3. The van der Waals surface area contributed by atoms with Crippen LogP contribution in [0.2, 0.25) is 0 Å². The Balaban J connectivity index is 1.74. The van der Waals surface area contributed by atoms with E-state index in [0.29, 0.717) is 0 Å². The molecule has 1 heteroatoms. The van der Waals surface area contributed by atoms with Gasteiger partial charge in [0.15, 0.2) is 0 Å². The molecule has 0 unspecified atom stereocenters. The molecule has 0 saturated heterocycles. The van der Waals surface area contributed by atoms with Gasteiger partial charge >= 0.3 is 0 Å². The second-order valence-corrected chi connectivity index (χ2v) is 8.41. The van der Waals surface area contributed by atoms with Crippen molar-refractivity contribution in [1.29, 1.82) is 0 Å². The molecule has 0 bridgehead atoms. The molecule has 0 amide bonds. The average Bonchev–Trinajstić information content (AvgIpc) is 2.88. The smallest absolute Gasteiger partial charge is 0.0320 e. The minimum absolute atomic E-state index is 0.777. The lowest BCUT2D eigenvalue weighted by Crippen LogP contribution is -1.92. The Labute approximate surface area is 193 Å². The van der Waals surface area contributed by atoms with E-state index in [2.05, 4.69) is 109 Å². The molecule has 6 aromatic carbocycles. The van der Waals surface area contributed by atoms with E-state index in [1.807, 2.05) is 18.2 Å². The van der Waals surface area contributed by atoms with Crippen molar-refractivity contribution < 1.29 is 0 Å². The molecule has 0 saturated carbocycles. The number of benzene rings is 6. The van der Waals surface area contributed by atoms with Gasteiger partial charge in [0, 0.05) is 5.69 Å². The van der Waals surface area contributed by atoms with Gasteiger partial charge in [-0.25, -0.2) is 0 Å². The normalized spacial score (nSPS) is 11.2. The van der Waals surface area contributed by atoms with E-state index in [1.54, 1.807) is 0 Å². The molecule has 2 N–H and O–H groups in total. The summed E-state index contributed by atoms with van der Waals surface area (Å²) in [6.07, 6.45) is 0. The molecule has 1 nitrogen and oxygen atoms in total. The maximum atomic E-state index is 6.08. The molecule has 0 aromatic heterocycles. The number of rotatable bonds is 3. The van der Waals surface area contributed by atoms with E-state index < -0.39 is 0 Å². The molecule has 0 radical (unpaired) electrons. The van der Waals surface area contributed by atoms with Crippen LogP contribution in [-0.4, -0.2) is 0 Å². The SMILES string of the molecule is Nc1cccc(-c2cccc(-c3c(-c4ccccc4)c4ccccc4c4ccccc34)c2)c1. The first-order valence-corrected chi connectivity index (χ1v) is 11.2. The van der Waals surface area contributed by atoms with Gasteiger partial charge in [-0.1, -0.05) is 109 Å². The van der Waals surface area contributed by atoms with E-state index in [0.717, 1.165) is 16.8 Å². The highest BCUT2D eigenvalue weighted by molar-refractivity contribution is 6.21. The number of hydrogen-bond acceptors (Lipinski definition) is 1. The van der Waals surface area contributed by atoms with Crippen molar-refractivity contribution in [1.82, 2.24) is 0 Å². The molecule has 0 heterocycles. The lowest BCUT2D eigenvalue weighted by Gasteiger charge is -2.19. The van der Waals surface area contributed by atoms with Gasteiger partial charge in [-0.2, -0.15) is 0 Å². The van der Waals surface area contributed by atoms with Crippen LogP contribution in [0.1, 0.15) is 0 Å². The number of anilines is 1. The second-order valence-electron chi connectivity index (χ2n) is 8.41. The highest BCUT2D eigenvalue weighted by atomic mass is 14.5. The topological polar surface area (TPSA) is 26.0 Å². The zero-order valence-electron chi connectivity index (χ0n) is 18.2. The Hall–Kier alpha value is -4.36. The van der Waals surface area contributed by atoms with Crippen molar-refractivity contribution in [3.8, 4) is 33.4 Å². The maximum absolute atomic E-state index is 6.08. The van der Waals surface area contributed by atoms with Gasteiger partial charge in [0.05, 0.1) is 0 Å². The lowest BCUT2D eigenvalue weighted by atomic mass is 9.84. The molecule has 0 aliphatic heterocycles. The standard InChI is InChI=1S/C32H23N/c33-26-15-9-13-24(21-26)23-12-8-14-25(20-23)32-30-19-7-5-17-28(30)27-16-4-6-18-29(27)31(32)22-10-2-1-3-11-22/h1-21H,33H2. The Morgan fingerprint density at radius 3 is 1.42 bits per heavy atom. The first kappa shape index (κ1) is 19.3. The third kappa shape index (κ3) is 3.35. The van der Waals surface area contributed by atoms with Gasteiger partial charge in [-0.05, 0) is 73.1 Å². The summed E-state index contributed by atoms with van der Waals surface area (Å²) in [7, 11) is 0. The molecule has 0 fully saturated rings. The van der Waals surface area contributed by atoms with Crippen LogP contribution in [0.25, 0.3) is 54.9 Å². The first-order chi connectivity index (χ1) is 16.3.